The lowest BCUT2D eigenvalue weighted by molar-refractivity contribution is 0.311. The van der Waals surface area contributed by atoms with E-state index in [1.165, 1.54) is 25.7 Å². The van der Waals surface area contributed by atoms with Gasteiger partial charge in [0.05, 0.1) is 0 Å². The van der Waals surface area contributed by atoms with Crippen LogP contribution in [0.2, 0.25) is 0 Å². The van der Waals surface area contributed by atoms with Gasteiger partial charge in [0.2, 0.25) is 0 Å². The average Bonchev–Trinajstić information content (AvgIpc) is 2.87. The second-order valence-electron chi connectivity index (χ2n) is 5.32. The van der Waals surface area contributed by atoms with Crippen molar-refractivity contribution in [3.8, 4) is 0 Å². The highest BCUT2D eigenvalue weighted by Gasteiger charge is 2.20. The summed E-state index contributed by atoms with van der Waals surface area (Å²) in [5.41, 5.74) is 0.467. The van der Waals surface area contributed by atoms with Crippen molar-refractivity contribution in [2.45, 2.75) is 52.5 Å². The van der Waals surface area contributed by atoms with E-state index in [1.807, 2.05) is 0 Å². The molecule has 0 aromatic heterocycles. The van der Waals surface area contributed by atoms with E-state index in [9.17, 15) is 0 Å². The molecule has 1 aliphatic carbocycles. The molecule has 0 spiro atoms. The molecule has 1 rings (SSSR count). The molecule has 0 amide bonds. The first kappa shape index (κ1) is 12.0. The third kappa shape index (κ3) is 5.61. The van der Waals surface area contributed by atoms with Crippen LogP contribution in [0.15, 0.2) is 0 Å². The summed E-state index contributed by atoms with van der Waals surface area (Å²) in [6.45, 7) is 10.3. The molecule has 0 heterocycles. The van der Waals surface area contributed by atoms with E-state index in [4.69, 9.17) is 0 Å². The zero-order valence-electron chi connectivity index (χ0n) is 10.0. The number of hydrogen-bond acceptors (Lipinski definition) is 2. The summed E-state index contributed by atoms with van der Waals surface area (Å²) in [5, 5.41) is 7.04. The standard InChI is InChI=1S/C12H26N2/c1-4-7-12(2,3)10-13-8-9-14-11-5-6-11/h11,13-14H,4-10H2,1-3H3. The Morgan fingerprint density at radius 2 is 1.93 bits per heavy atom. The maximum Gasteiger partial charge on any atom is 0.00793 e. The highest BCUT2D eigenvalue weighted by atomic mass is 15.0. The second kappa shape index (κ2) is 5.72. The van der Waals surface area contributed by atoms with Crippen molar-refractivity contribution < 1.29 is 0 Å². The second-order valence-corrected chi connectivity index (χ2v) is 5.32. The van der Waals surface area contributed by atoms with Crippen molar-refractivity contribution in [3.63, 3.8) is 0 Å². The van der Waals surface area contributed by atoms with E-state index >= 15 is 0 Å². The minimum atomic E-state index is 0.467. The van der Waals surface area contributed by atoms with Gasteiger partial charge in [-0.25, -0.2) is 0 Å². The van der Waals surface area contributed by atoms with Crippen LogP contribution in [-0.2, 0) is 0 Å². The summed E-state index contributed by atoms with van der Waals surface area (Å²) in [7, 11) is 0. The van der Waals surface area contributed by atoms with Gasteiger partial charge in [0, 0.05) is 25.7 Å². The first-order valence-corrected chi connectivity index (χ1v) is 6.08. The molecule has 14 heavy (non-hydrogen) atoms. The Morgan fingerprint density at radius 1 is 1.21 bits per heavy atom. The van der Waals surface area contributed by atoms with Gasteiger partial charge in [0.15, 0.2) is 0 Å². The zero-order chi connectivity index (χ0) is 10.4. The van der Waals surface area contributed by atoms with E-state index in [0.717, 1.165) is 25.7 Å². The monoisotopic (exact) mass is 198 g/mol. The smallest absolute Gasteiger partial charge is 0.00793 e. The molecule has 1 aliphatic rings. The summed E-state index contributed by atoms with van der Waals surface area (Å²) >= 11 is 0. The van der Waals surface area contributed by atoms with Gasteiger partial charge in [-0.2, -0.15) is 0 Å². The van der Waals surface area contributed by atoms with Crippen LogP contribution in [0.5, 0.6) is 0 Å². The quantitative estimate of drug-likeness (QED) is 0.584. The average molecular weight is 198 g/mol. The normalized spacial score (nSPS) is 17.4. The first-order valence-electron chi connectivity index (χ1n) is 6.08. The van der Waals surface area contributed by atoms with Gasteiger partial charge in [-0.05, 0) is 24.7 Å². The Bertz CT molecular complexity index is 150. The molecule has 0 radical (unpaired) electrons. The summed E-state index contributed by atoms with van der Waals surface area (Å²) in [5.74, 6) is 0. The lowest BCUT2D eigenvalue weighted by atomic mass is 9.88. The summed E-state index contributed by atoms with van der Waals surface area (Å²) in [6, 6.07) is 0.848. The molecule has 0 bridgehead atoms. The summed E-state index contributed by atoms with van der Waals surface area (Å²) in [6.07, 6.45) is 5.38. The predicted molar refractivity (Wildman–Crippen MR) is 62.6 cm³/mol. The van der Waals surface area contributed by atoms with Crippen molar-refractivity contribution >= 4 is 0 Å². The van der Waals surface area contributed by atoms with Gasteiger partial charge in [0.1, 0.15) is 0 Å². The molecule has 84 valence electrons. The van der Waals surface area contributed by atoms with Crippen molar-refractivity contribution in [1.82, 2.24) is 10.6 Å². The van der Waals surface area contributed by atoms with Gasteiger partial charge in [-0.15, -0.1) is 0 Å². The largest absolute Gasteiger partial charge is 0.315 e. The molecular formula is C12H26N2. The van der Waals surface area contributed by atoms with Crippen LogP contribution in [0.4, 0.5) is 0 Å². The fraction of sp³-hybridized carbons (Fsp3) is 1.00. The molecule has 0 aromatic rings. The molecule has 2 heteroatoms. The molecule has 1 saturated carbocycles. The minimum Gasteiger partial charge on any atom is -0.315 e. The maximum atomic E-state index is 3.53. The molecule has 1 fully saturated rings. The predicted octanol–water partition coefficient (Wildman–Crippen LogP) is 2.15. The van der Waals surface area contributed by atoms with Crippen LogP contribution in [0.25, 0.3) is 0 Å². The summed E-state index contributed by atoms with van der Waals surface area (Å²) < 4.78 is 0. The fourth-order valence-electron chi connectivity index (χ4n) is 1.84. The molecule has 2 nitrogen and oxygen atoms in total. The van der Waals surface area contributed by atoms with Gasteiger partial charge < -0.3 is 10.6 Å². The lowest BCUT2D eigenvalue weighted by Crippen LogP contribution is -2.34. The molecule has 2 N–H and O–H groups in total. The van der Waals surface area contributed by atoms with Gasteiger partial charge in [-0.1, -0.05) is 27.2 Å². The number of nitrogens with one attached hydrogen (secondary N) is 2. The Morgan fingerprint density at radius 3 is 2.50 bits per heavy atom. The van der Waals surface area contributed by atoms with E-state index in [-0.39, 0.29) is 0 Å². The Balaban J connectivity index is 1.90. The Hall–Kier alpha value is -0.0800. The van der Waals surface area contributed by atoms with Gasteiger partial charge in [0.25, 0.3) is 0 Å². The van der Waals surface area contributed by atoms with Crippen LogP contribution in [-0.4, -0.2) is 25.7 Å². The first-order chi connectivity index (χ1) is 6.64. The third-order valence-electron chi connectivity index (χ3n) is 2.84. The highest BCUT2D eigenvalue weighted by Crippen LogP contribution is 2.20. The molecule has 0 aromatic carbocycles. The number of rotatable bonds is 8. The van der Waals surface area contributed by atoms with E-state index in [0.29, 0.717) is 5.41 Å². The number of hydrogen-bond donors (Lipinski definition) is 2. The SMILES string of the molecule is CCCC(C)(C)CNCCNC1CC1. The lowest BCUT2D eigenvalue weighted by Gasteiger charge is -2.24. The topological polar surface area (TPSA) is 24.1 Å². The Labute approximate surface area is 88.8 Å². The molecule has 0 saturated heterocycles. The molecule has 0 atom stereocenters. The van der Waals surface area contributed by atoms with Crippen LogP contribution in [0, 0.1) is 5.41 Å². The van der Waals surface area contributed by atoms with Crippen molar-refractivity contribution in [2.75, 3.05) is 19.6 Å². The van der Waals surface area contributed by atoms with Crippen LogP contribution < -0.4 is 10.6 Å². The van der Waals surface area contributed by atoms with Crippen molar-refractivity contribution in [3.05, 3.63) is 0 Å². The van der Waals surface area contributed by atoms with Crippen LogP contribution >= 0.6 is 0 Å². The van der Waals surface area contributed by atoms with Gasteiger partial charge in [-0.3, -0.25) is 0 Å². The van der Waals surface area contributed by atoms with E-state index in [1.54, 1.807) is 0 Å². The molecule has 0 unspecified atom stereocenters. The van der Waals surface area contributed by atoms with Crippen LogP contribution in [0.1, 0.15) is 46.5 Å². The fourth-order valence-corrected chi connectivity index (χ4v) is 1.84. The highest BCUT2D eigenvalue weighted by molar-refractivity contribution is 4.81. The summed E-state index contributed by atoms with van der Waals surface area (Å²) in [4.78, 5) is 0. The molecule has 0 aliphatic heterocycles. The van der Waals surface area contributed by atoms with Gasteiger partial charge >= 0.3 is 0 Å². The Kier molecular flexibility index (Phi) is 4.90. The van der Waals surface area contributed by atoms with E-state index in [2.05, 4.69) is 31.4 Å². The van der Waals surface area contributed by atoms with Crippen LogP contribution in [0.3, 0.4) is 0 Å². The van der Waals surface area contributed by atoms with Crippen molar-refractivity contribution in [2.24, 2.45) is 5.41 Å². The minimum absolute atomic E-state index is 0.467. The molecular weight excluding hydrogens is 172 g/mol. The van der Waals surface area contributed by atoms with Crippen molar-refractivity contribution in [1.29, 1.82) is 0 Å². The van der Waals surface area contributed by atoms with E-state index < -0.39 is 0 Å². The maximum absolute atomic E-state index is 3.53. The zero-order valence-corrected chi connectivity index (χ0v) is 10.0. The third-order valence-corrected chi connectivity index (χ3v) is 2.84.